The van der Waals surface area contributed by atoms with E-state index in [1.165, 1.54) is 24.0 Å². The van der Waals surface area contributed by atoms with Gasteiger partial charge in [-0.2, -0.15) is 4.98 Å². The number of nitrogens with zero attached hydrogens (tertiary/aromatic N) is 2. The van der Waals surface area contributed by atoms with Crippen LogP contribution >= 0.6 is 0 Å². The SMILES string of the molecule is CNc1nc(C)cc(Oc2ccc3c(c2)CCC3)n1. The quantitative estimate of drug-likeness (QED) is 0.915. The van der Waals surface area contributed by atoms with Gasteiger partial charge < -0.3 is 10.1 Å². The van der Waals surface area contributed by atoms with Crippen molar-refractivity contribution in [2.45, 2.75) is 26.2 Å². The Labute approximate surface area is 112 Å². The summed E-state index contributed by atoms with van der Waals surface area (Å²) in [5, 5.41) is 2.93. The predicted molar refractivity (Wildman–Crippen MR) is 74.9 cm³/mol. The Hall–Kier alpha value is -2.10. The molecular formula is C15H17N3O. The number of ether oxygens (including phenoxy) is 1. The first kappa shape index (κ1) is 12.0. The zero-order chi connectivity index (χ0) is 13.2. The number of fused-ring (bicyclic) bond motifs is 1. The highest BCUT2D eigenvalue weighted by molar-refractivity contribution is 5.40. The van der Waals surface area contributed by atoms with Crippen LogP contribution in [-0.2, 0) is 12.8 Å². The summed E-state index contributed by atoms with van der Waals surface area (Å²) in [6.07, 6.45) is 3.58. The van der Waals surface area contributed by atoms with Crippen molar-refractivity contribution in [3.8, 4) is 11.6 Å². The Morgan fingerprint density at radius 3 is 2.79 bits per heavy atom. The van der Waals surface area contributed by atoms with Gasteiger partial charge in [-0.25, -0.2) is 4.98 Å². The lowest BCUT2D eigenvalue weighted by atomic mass is 10.1. The lowest BCUT2D eigenvalue weighted by Crippen LogP contribution is -1.99. The molecule has 4 nitrogen and oxygen atoms in total. The number of hydrogen-bond acceptors (Lipinski definition) is 4. The van der Waals surface area contributed by atoms with Crippen molar-refractivity contribution < 1.29 is 4.74 Å². The molecule has 1 heterocycles. The third-order valence-corrected chi connectivity index (χ3v) is 3.35. The Morgan fingerprint density at radius 1 is 1.11 bits per heavy atom. The second-order valence-corrected chi connectivity index (χ2v) is 4.81. The summed E-state index contributed by atoms with van der Waals surface area (Å²) in [6, 6.07) is 8.14. The molecule has 0 saturated heterocycles. The lowest BCUT2D eigenvalue weighted by molar-refractivity contribution is 0.461. The Bertz CT molecular complexity index is 610. The van der Waals surface area contributed by atoms with E-state index in [9.17, 15) is 0 Å². The molecule has 0 fully saturated rings. The molecule has 0 amide bonds. The standard InChI is InChI=1S/C15H17N3O/c1-10-8-14(18-15(16-2)17-10)19-13-7-6-11-4-3-5-12(11)9-13/h6-9H,3-5H2,1-2H3,(H,16,17,18). The van der Waals surface area contributed by atoms with Crippen LogP contribution in [0.15, 0.2) is 24.3 Å². The normalized spacial score (nSPS) is 13.2. The minimum atomic E-state index is 0.579. The summed E-state index contributed by atoms with van der Waals surface area (Å²) in [5.74, 6) is 2.01. The Kier molecular flexibility index (Phi) is 3.07. The molecule has 1 aromatic carbocycles. The molecule has 0 unspecified atom stereocenters. The van der Waals surface area contributed by atoms with Gasteiger partial charge in [0.15, 0.2) is 0 Å². The van der Waals surface area contributed by atoms with Gasteiger partial charge in [0.2, 0.25) is 11.8 Å². The van der Waals surface area contributed by atoms with Gasteiger partial charge in [0.25, 0.3) is 0 Å². The highest BCUT2D eigenvalue weighted by Crippen LogP contribution is 2.28. The van der Waals surface area contributed by atoms with Crippen molar-refractivity contribution in [2.24, 2.45) is 0 Å². The molecule has 2 aromatic rings. The first-order chi connectivity index (χ1) is 9.24. The third-order valence-electron chi connectivity index (χ3n) is 3.35. The third kappa shape index (κ3) is 2.52. The molecule has 19 heavy (non-hydrogen) atoms. The molecule has 0 spiro atoms. The van der Waals surface area contributed by atoms with Crippen LogP contribution in [0.5, 0.6) is 11.6 Å². The summed E-state index contributed by atoms with van der Waals surface area (Å²) in [7, 11) is 1.80. The van der Waals surface area contributed by atoms with Crippen molar-refractivity contribution in [3.05, 3.63) is 41.1 Å². The van der Waals surface area contributed by atoms with Gasteiger partial charge in [-0.3, -0.25) is 0 Å². The molecule has 0 atom stereocenters. The molecule has 98 valence electrons. The maximum Gasteiger partial charge on any atom is 0.225 e. The molecule has 1 N–H and O–H groups in total. The van der Waals surface area contributed by atoms with E-state index >= 15 is 0 Å². The largest absolute Gasteiger partial charge is 0.439 e. The van der Waals surface area contributed by atoms with E-state index in [-0.39, 0.29) is 0 Å². The summed E-state index contributed by atoms with van der Waals surface area (Å²) < 4.78 is 5.84. The fourth-order valence-corrected chi connectivity index (χ4v) is 2.44. The van der Waals surface area contributed by atoms with Gasteiger partial charge >= 0.3 is 0 Å². The highest BCUT2D eigenvalue weighted by Gasteiger charge is 2.12. The van der Waals surface area contributed by atoms with Crippen molar-refractivity contribution >= 4 is 5.95 Å². The summed E-state index contributed by atoms with van der Waals surface area (Å²) in [5.41, 5.74) is 3.73. The van der Waals surface area contributed by atoms with Crippen molar-refractivity contribution in [2.75, 3.05) is 12.4 Å². The van der Waals surface area contributed by atoms with Crippen molar-refractivity contribution in [1.82, 2.24) is 9.97 Å². The maximum atomic E-state index is 5.84. The molecule has 3 rings (SSSR count). The van der Waals surface area contributed by atoms with E-state index in [1.807, 2.05) is 19.1 Å². The second kappa shape index (κ2) is 4.88. The Morgan fingerprint density at radius 2 is 1.95 bits per heavy atom. The van der Waals surface area contributed by atoms with Crippen LogP contribution in [0.1, 0.15) is 23.2 Å². The van der Waals surface area contributed by atoms with Crippen molar-refractivity contribution in [1.29, 1.82) is 0 Å². The topological polar surface area (TPSA) is 47.0 Å². The summed E-state index contributed by atoms with van der Waals surface area (Å²) in [6.45, 7) is 1.93. The second-order valence-electron chi connectivity index (χ2n) is 4.81. The van der Waals surface area contributed by atoms with E-state index in [1.54, 1.807) is 7.05 Å². The van der Waals surface area contributed by atoms with Gasteiger partial charge in [0, 0.05) is 18.8 Å². The van der Waals surface area contributed by atoms with Crippen molar-refractivity contribution in [3.63, 3.8) is 0 Å². The van der Waals surface area contributed by atoms with E-state index in [0.717, 1.165) is 17.9 Å². The van der Waals surface area contributed by atoms with E-state index in [4.69, 9.17) is 4.74 Å². The average molecular weight is 255 g/mol. The fourth-order valence-electron chi connectivity index (χ4n) is 2.44. The number of hydrogen-bond donors (Lipinski definition) is 1. The molecule has 1 aliphatic carbocycles. The van der Waals surface area contributed by atoms with Gasteiger partial charge in [0.05, 0.1) is 0 Å². The number of benzene rings is 1. The Balaban J connectivity index is 1.86. The van der Waals surface area contributed by atoms with Gasteiger partial charge in [-0.1, -0.05) is 6.07 Å². The van der Waals surface area contributed by atoms with Crippen LogP contribution in [0.4, 0.5) is 5.95 Å². The zero-order valence-electron chi connectivity index (χ0n) is 11.2. The minimum Gasteiger partial charge on any atom is -0.439 e. The van der Waals surface area contributed by atoms with E-state index in [2.05, 4.69) is 27.4 Å². The lowest BCUT2D eigenvalue weighted by Gasteiger charge is -2.08. The summed E-state index contributed by atoms with van der Waals surface area (Å²) >= 11 is 0. The van der Waals surface area contributed by atoms with E-state index < -0.39 is 0 Å². The monoisotopic (exact) mass is 255 g/mol. The fraction of sp³-hybridized carbons (Fsp3) is 0.333. The first-order valence-corrected chi connectivity index (χ1v) is 6.58. The van der Waals surface area contributed by atoms with Crippen LogP contribution in [-0.4, -0.2) is 17.0 Å². The van der Waals surface area contributed by atoms with Gasteiger partial charge in [-0.15, -0.1) is 0 Å². The molecule has 0 radical (unpaired) electrons. The smallest absolute Gasteiger partial charge is 0.225 e. The van der Waals surface area contributed by atoms with Crippen LogP contribution in [0, 0.1) is 6.92 Å². The molecule has 0 saturated carbocycles. The van der Waals surface area contributed by atoms with Crippen LogP contribution in [0.3, 0.4) is 0 Å². The molecular weight excluding hydrogens is 238 g/mol. The average Bonchev–Trinajstić information content (AvgIpc) is 2.85. The maximum absolute atomic E-state index is 5.84. The number of aryl methyl sites for hydroxylation is 3. The van der Waals surface area contributed by atoms with Gasteiger partial charge in [0.1, 0.15) is 5.75 Å². The van der Waals surface area contributed by atoms with E-state index in [0.29, 0.717) is 11.8 Å². The zero-order valence-corrected chi connectivity index (χ0v) is 11.2. The number of rotatable bonds is 3. The molecule has 4 heteroatoms. The first-order valence-electron chi connectivity index (χ1n) is 6.58. The minimum absolute atomic E-state index is 0.579. The molecule has 0 bridgehead atoms. The molecule has 1 aliphatic rings. The molecule has 1 aromatic heterocycles. The number of nitrogens with one attached hydrogen (secondary N) is 1. The van der Waals surface area contributed by atoms with Crippen LogP contribution < -0.4 is 10.1 Å². The van der Waals surface area contributed by atoms with Crippen LogP contribution in [0.25, 0.3) is 0 Å². The van der Waals surface area contributed by atoms with Gasteiger partial charge in [-0.05, 0) is 49.4 Å². The number of anilines is 1. The van der Waals surface area contributed by atoms with Crippen LogP contribution in [0.2, 0.25) is 0 Å². The highest BCUT2D eigenvalue weighted by atomic mass is 16.5. The summed E-state index contributed by atoms with van der Waals surface area (Å²) in [4.78, 5) is 8.55. The molecule has 0 aliphatic heterocycles. The predicted octanol–water partition coefficient (Wildman–Crippen LogP) is 3.11. The number of aromatic nitrogens is 2.